The molecule has 0 aliphatic carbocycles. The molecule has 0 saturated heterocycles. The molecule has 0 aliphatic heterocycles. The molecule has 2 aromatic rings. The van der Waals surface area contributed by atoms with Gasteiger partial charge in [-0.15, -0.1) is 12.4 Å². The fourth-order valence-corrected chi connectivity index (χ4v) is 2.20. The number of ether oxygens (including phenoxy) is 1. The number of hydrogen-bond acceptors (Lipinski definition) is 2. The van der Waals surface area contributed by atoms with Gasteiger partial charge < -0.3 is 10.1 Å². The summed E-state index contributed by atoms with van der Waals surface area (Å²) in [6.07, 6.45) is 1.12. The Labute approximate surface area is 144 Å². The van der Waals surface area contributed by atoms with Crippen LogP contribution in [0.2, 0.25) is 5.02 Å². The third-order valence-electron chi connectivity index (χ3n) is 3.50. The highest BCUT2D eigenvalue weighted by Gasteiger charge is 2.05. The summed E-state index contributed by atoms with van der Waals surface area (Å²) in [5, 5.41) is 4.12. The molecule has 22 heavy (non-hydrogen) atoms. The summed E-state index contributed by atoms with van der Waals surface area (Å²) >= 11 is 6.29. The molecule has 0 amide bonds. The molecule has 4 heteroatoms. The largest absolute Gasteiger partial charge is 0.487 e. The molecule has 1 atom stereocenters. The first-order valence-corrected chi connectivity index (χ1v) is 7.75. The van der Waals surface area contributed by atoms with Crippen LogP contribution in [-0.2, 0) is 13.2 Å². The van der Waals surface area contributed by atoms with E-state index in [2.05, 4.69) is 25.2 Å². The summed E-state index contributed by atoms with van der Waals surface area (Å²) in [7, 11) is 0. The summed E-state index contributed by atoms with van der Waals surface area (Å²) < 4.78 is 5.77. The second-order valence-electron chi connectivity index (χ2n) is 5.23. The minimum Gasteiger partial charge on any atom is -0.487 e. The lowest BCUT2D eigenvalue weighted by atomic mass is 10.2. The van der Waals surface area contributed by atoms with Gasteiger partial charge in [-0.2, -0.15) is 0 Å². The van der Waals surface area contributed by atoms with E-state index in [4.69, 9.17) is 16.3 Å². The Balaban J connectivity index is 0.00000242. The quantitative estimate of drug-likeness (QED) is 0.745. The molecule has 2 nitrogen and oxygen atoms in total. The van der Waals surface area contributed by atoms with Gasteiger partial charge in [-0.1, -0.05) is 54.9 Å². The molecule has 2 aromatic carbocycles. The Morgan fingerprint density at radius 1 is 1.09 bits per heavy atom. The molecule has 0 saturated carbocycles. The molecule has 120 valence electrons. The predicted molar refractivity (Wildman–Crippen MR) is 96.1 cm³/mol. The summed E-state index contributed by atoms with van der Waals surface area (Å²) in [5.74, 6) is 0.729. The number of rotatable bonds is 7. The maximum Gasteiger partial charge on any atom is 0.138 e. The van der Waals surface area contributed by atoms with E-state index in [9.17, 15) is 0 Å². The van der Waals surface area contributed by atoms with Crippen LogP contribution in [0.25, 0.3) is 0 Å². The van der Waals surface area contributed by atoms with Crippen molar-refractivity contribution < 1.29 is 4.74 Å². The molecule has 0 fully saturated rings. The first kappa shape index (κ1) is 18.8. The van der Waals surface area contributed by atoms with E-state index in [1.54, 1.807) is 0 Å². The van der Waals surface area contributed by atoms with Crippen LogP contribution in [0.4, 0.5) is 0 Å². The maximum absolute atomic E-state index is 6.29. The van der Waals surface area contributed by atoms with E-state index >= 15 is 0 Å². The molecular formula is C18H23Cl2NO. The normalized spacial score (nSPS) is 11.6. The Hall–Kier alpha value is -1.22. The zero-order chi connectivity index (χ0) is 15.1. The number of benzene rings is 2. The van der Waals surface area contributed by atoms with Crippen LogP contribution in [0, 0.1) is 0 Å². The minimum atomic E-state index is 0. The lowest BCUT2D eigenvalue weighted by Crippen LogP contribution is -2.24. The summed E-state index contributed by atoms with van der Waals surface area (Å²) in [5.41, 5.74) is 2.31. The lowest BCUT2D eigenvalue weighted by molar-refractivity contribution is 0.306. The van der Waals surface area contributed by atoms with Crippen LogP contribution < -0.4 is 10.1 Å². The topological polar surface area (TPSA) is 21.3 Å². The first-order valence-electron chi connectivity index (χ1n) is 7.37. The van der Waals surface area contributed by atoms with Crippen LogP contribution in [0.1, 0.15) is 31.4 Å². The van der Waals surface area contributed by atoms with E-state index < -0.39 is 0 Å². The monoisotopic (exact) mass is 339 g/mol. The van der Waals surface area contributed by atoms with Gasteiger partial charge >= 0.3 is 0 Å². The van der Waals surface area contributed by atoms with Crippen molar-refractivity contribution in [3.8, 4) is 5.75 Å². The third kappa shape index (κ3) is 5.88. The molecule has 0 aliphatic rings. The smallest absolute Gasteiger partial charge is 0.138 e. The zero-order valence-electron chi connectivity index (χ0n) is 13.0. The molecular weight excluding hydrogens is 317 g/mol. The second-order valence-corrected chi connectivity index (χ2v) is 5.64. The van der Waals surface area contributed by atoms with Gasteiger partial charge in [-0.25, -0.2) is 0 Å². The third-order valence-corrected chi connectivity index (χ3v) is 3.80. The SMILES string of the molecule is CCC(C)NCc1ccc(OCc2ccccc2)c(Cl)c1.Cl. The van der Waals surface area contributed by atoms with Crippen molar-refractivity contribution in [2.45, 2.75) is 39.5 Å². The fraction of sp³-hybridized carbons (Fsp3) is 0.333. The number of hydrogen-bond donors (Lipinski definition) is 1. The van der Waals surface area contributed by atoms with E-state index in [-0.39, 0.29) is 12.4 Å². The molecule has 0 heterocycles. The highest BCUT2D eigenvalue weighted by molar-refractivity contribution is 6.32. The first-order chi connectivity index (χ1) is 10.2. The van der Waals surface area contributed by atoms with E-state index in [0.717, 1.165) is 24.3 Å². The summed E-state index contributed by atoms with van der Waals surface area (Å²) in [4.78, 5) is 0. The van der Waals surface area contributed by atoms with Gasteiger partial charge in [0, 0.05) is 12.6 Å². The highest BCUT2D eigenvalue weighted by atomic mass is 35.5. The molecule has 0 radical (unpaired) electrons. The van der Waals surface area contributed by atoms with Crippen LogP contribution >= 0.6 is 24.0 Å². The van der Waals surface area contributed by atoms with Crippen LogP contribution in [0.3, 0.4) is 0 Å². The van der Waals surface area contributed by atoms with Crippen molar-refractivity contribution in [1.29, 1.82) is 0 Å². The Morgan fingerprint density at radius 3 is 2.45 bits per heavy atom. The van der Waals surface area contributed by atoms with Crippen LogP contribution in [0.15, 0.2) is 48.5 Å². The zero-order valence-corrected chi connectivity index (χ0v) is 14.6. The van der Waals surface area contributed by atoms with Gasteiger partial charge in [0.15, 0.2) is 0 Å². The molecule has 1 unspecified atom stereocenters. The van der Waals surface area contributed by atoms with Crippen molar-refractivity contribution in [2.24, 2.45) is 0 Å². The Kier molecular flexibility index (Phi) is 8.32. The molecule has 2 rings (SSSR count). The molecule has 0 spiro atoms. The van der Waals surface area contributed by atoms with Gasteiger partial charge in [0.25, 0.3) is 0 Å². The second kappa shape index (κ2) is 9.73. The highest BCUT2D eigenvalue weighted by Crippen LogP contribution is 2.26. The van der Waals surface area contributed by atoms with Crippen molar-refractivity contribution in [1.82, 2.24) is 5.32 Å². The number of halogens is 2. The Morgan fingerprint density at radius 2 is 1.82 bits per heavy atom. The van der Waals surface area contributed by atoms with Gasteiger partial charge in [0.05, 0.1) is 5.02 Å². The van der Waals surface area contributed by atoms with Crippen LogP contribution in [0.5, 0.6) is 5.75 Å². The van der Waals surface area contributed by atoms with Crippen LogP contribution in [-0.4, -0.2) is 6.04 Å². The molecule has 0 bridgehead atoms. The molecule has 1 N–H and O–H groups in total. The van der Waals surface area contributed by atoms with Crippen molar-refractivity contribution in [3.05, 3.63) is 64.7 Å². The van der Waals surface area contributed by atoms with Gasteiger partial charge in [0.1, 0.15) is 12.4 Å². The van der Waals surface area contributed by atoms with Gasteiger partial charge in [-0.05, 0) is 36.6 Å². The van der Waals surface area contributed by atoms with Crippen molar-refractivity contribution in [2.75, 3.05) is 0 Å². The summed E-state index contributed by atoms with van der Waals surface area (Å²) in [6.45, 7) is 5.71. The lowest BCUT2D eigenvalue weighted by Gasteiger charge is -2.13. The standard InChI is InChI=1S/C18H22ClNO.ClH/c1-3-14(2)20-12-16-9-10-18(17(19)11-16)21-13-15-7-5-4-6-8-15;/h4-11,14,20H,3,12-13H2,1-2H3;1H. The maximum atomic E-state index is 6.29. The molecule has 0 aromatic heterocycles. The average Bonchev–Trinajstić information content (AvgIpc) is 2.52. The van der Waals surface area contributed by atoms with E-state index in [1.165, 1.54) is 5.56 Å². The fourth-order valence-electron chi connectivity index (χ4n) is 1.94. The average molecular weight is 340 g/mol. The summed E-state index contributed by atoms with van der Waals surface area (Å²) in [6, 6.07) is 16.6. The predicted octanol–water partition coefficient (Wildman–Crippen LogP) is 5.23. The minimum absolute atomic E-state index is 0. The van der Waals surface area contributed by atoms with E-state index in [0.29, 0.717) is 17.7 Å². The van der Waals surface area contributed by atoms with Gasteiger partial charge in [-0.3, -0.25) is 0 Å². The van der Waals surface area contributed by atoms with Crippen molar-refractivity contribution in [3.63, 3.8) is 0 Å². The Bertz CT molecular complexity index is 560. The van der Waals surface area contributed by atoms with E-state index in [1.807, 2.05) is 42.5 Å². The van der Waals surface area contributed by atoms with Gasteiger partial charge in [0.2, 0.25) is 0 Å². The van der Waals surface area contributed by atoms with Crippen molar-refractivity contribution >= 4 is 24.0 Å². The number of nitrogens with one attached hydrogen (secondary N) is 1.